The van der Waals surface area contributed by atoms with Gasteiger partial charge >= 0.3 is 0 Å². The van der Waals surface area contributed by atoms with E-state index in [0.717, 1.165) is 10.9 Å². The molecule has 1 aliphatic heterocycles. The first-order valence-corrected chi connectivity index (χ1v) is 8.35. The number of nitrogens with zero attached hydrogens (tertiary/aromatic N) is 1. The number of fused-ring (bicyclic) bond motifs is 3. The summed E-state index contributed by atoms with van der Waals surface area (Å²) < 4.78 is 7.89. The summed E-state index contributed by atoms with van der Waals surface area (Å²) >= 11 is 0. The molecule has 2 aromatic rings. The van der Waals surface area contributed by atoms with E-state index in [0.29, 0.717) is 24.2 Å². The fourth-order valence-electron chi connectivity index (χ4n) is 3.07. The van der Waals surface area contributed by atoms with E-state index >= 15 is 0 Å². The average molecular weight is 325 g/mol. The maximum Gasteiger partial charge on any atom is 0.261 e. The third-order valence-electron chi connectivity index (χ3n) is 4.74. The molecule has 1 aliphatic rings. The molecule has 0 radical (unpaired) electrons. The van der Waals surface area contributed by atoms with Gasteiger partial charge < -0.3 is 9.30 Å². The highest BCUT2D eigenvalue weighted by molar-refractivity contribution is 5.89. The molecule has 0 fully saturated rings. The van der Waals surface area contributed by atoms with Gasteiger partial charge in [0.1, 0.15) is 17.1 Å². The molecule has 3 rings (SSSR count). The van der Waals surface area contributed by atoms with Crippen molar-refractivity contribution in [1.82, 2.24) is 4.57 Å². The number of rotatable bonds is 4. The number of carbonyl (C=O) groups is 1. The number of hydrogen-bond acceptors (Lipinski definition) is 3. The minimum atomic E-state index is -0.577. The Bertz CT molecular complexity index is 892. The van der Waals surface area contributed by atoms with Crippen molar-refractivity contribution in [3.8, 4) is 5.75 Å². The molecule has 126 valence electrons. The molecule has 1 aromatic carbocycles. The van der Waals surface area contributed by atoms with Crippen LogP contribution in [0.1, 0.15) is 39.2 Å². The normalized spacial score (nSPS) is 19.4. The third kappa shape index (κ3) is 2.77. The highest BCUT2D eigenvalue weighted by Crippen LogP contribution is 2.37. The minimum absolute atomic E-state index is 0.0292. The van der Waals surface area contributed by atoms with Crippen LogP contribution in [0.15, 0.2) is 35.1 Å². The fraction of sp³-hybridized carbons (Fsp3) is 0.400. The molecule has 24 heavy (non-hydrogen) atoms. The smallest absolute Gasteiger partial charge is 0.261 e. The van der Waals surface area contributed by atoms with Crippen molar-refractivity contribution in [2.45, 2.75) is 39.2 Å². The molecule has 0 saturated heterocycles. The third-order valence-corrected chi connectivity index (χ3v) is 4.74. The lowest BCUT2D eigenvalue weighted by Gasteiger charge is -2.32. The Labute approximate surface area is 141 Å². The second-order valence-corrected chi connectivity index (χ2v) is 6.99. The number of benzene rings is 1. The summed E-state index contributed by atoms with van der Waals surface area (Å²) in [6.07, 6.45) is 4.81. The van der Waals surface area contributed by atoms with Crippen LogP contribution in [0.4, 0.5) is 0 Å². The zero-order chi connectivity index (χ0) is 17.5. The highest BCUT2D eigenvalue weighted by atomic mass is 16.5. The molecule has 1 aromatic heterocycles. The number of aromatic nitrogens is 1. The molecule has 0 spiro atoms. The number of carbonyl (C=O) groups excluding carboxylic acids is 1. The molecule has 0 aliphatic carbocycles. The molecule has 0 N–H and O–H groups in total. The van der Waals surface area contributed by atoms with Gasteiger partial charge in [-0.15, -0.1) is 0 Å². The van der Waals surface area contributed by atoms with Gasteiger partial charge in [-0.2, -0.15) is 0 Å². The Morgan fingerprint density at radius 3 is 2.71 bits per heavy atom. The van der Waals surface area contributed by atoms with Crippen molar-refractivity contribution >= 4 is 22.8 Å². The molecule has 0 saturated carbocycles. The average Bonchev–Trinajstić information content (AvgIpc) is 2.57. The van der Waals surface area contributed by atoms with Gasteiger partial charge in [0, 0.05) is 24.8 Å². The van der Waals surface area contributed by atoms with E-state index in [2.05, 4.69) is 0 Å². The molecule has 1 atom stereocenters. The fourth-order valence-corrected chi connectivity index (χ4v) is 3.07. The molecule has 0 unspecified atom stereocenters. The maximum atomic E-state index is 12.6. The number of pyridine rings is 1. The van der Waals surface area contributed by atoms with E-state index < -0.39 is 5.60 Å². The van der Waals surface area contributed by atoms with Gasteiger partial charge in [-0.25, -0.2) is 0 Å². The maximum absolute atomic E-state index is 12.6. The summed E-state index contributed by atoms with van der Waals surface area (Å²) in [7, 11) is 1.77. The van der Waals surface area contributed by atoms with Gasteiger partial charge in [0.15, 0.2) is 0 Å². The SMILES string of the molecule is CC(C)C(=O)CC[C@@]1(C)C=Cc2c(c3ccccc3n(C)c2=O)O1. The lowest BCUT2D eigenvalue weighted by Crippen LogP contribution is -2.35. The molecular formula is C20H23NO3. The Kier molecular flexibility index (Phi) is 4.08. The van der Waals surface area contributed by atoms with Crippen molar-refractivity contribution in [2.24, 2.45) is 13.0 Å². The summed E-state index contributed by atoms with van der Waals surface area (Å²) in [6, 6.07) is 7.73. The number of Topliss-reactive ketones (excluding diaryl/α,β-unsaturated/α-hetero) is 1. The van der Waals surface area contributed by atoms with Gasteiger partial charge in [-0.05, 0) is 37.6 Å². The predicted octanol–water partition coefficient (Wildman–Crippen LogP) is 3.71. The summed E-state index contributed by atoms with van der Waals surface area (Å²) in [4.78, 5) is 24.5. The largest absolute Gasteiger partial charge is 0.482 e. The lowest BCUT2D eigenvalue weighted by molar-refractivity contribution is -0.122. The van der Waals surface area contributed by atoms with Crippen molar-refractivity contribution in [3.63, 3.8) is 0 Å². The van der Waals surface area contributed by atoms with Crippen LogP contribution in [-0.2, 0) is 11.8 Å². The predicted molar refractivity (Wildman–Crippen MR) is 96.3 cm³/mol. The van der Waals surface area contributed by atoms with Crippen LogP contribution in [0.2, 0.25) is 0 Å². The zero-order valence-electron chi connectivity index (χ0n) is 14.6. The lowest BCUT2D eigenvalue weighted by atomic mass is 9.91. The van der Waals surface area contributed by atoms with Crippen LogP contribution in [0.25, 0.3) is 17.0 Å². The second kappa shape index (κ2) is 5.93. The van der Waals surface area contributed by atoms with Crippen LogP contribution in [-0.4, -0.2) is 16.0 Å². The molecular weight excluding hydrogens is 302 g/mol. The monoisotopic (exact) mass is 325 g/mol. The topological polar surface area (TPSA) is 48.3 Å². The van der Waals surface area contributed by atoms with Crippen molar-refractivity contribution in [3.05, 3.63) is 46.3 Å². The number of para-hydroxylation sites is 1. The van der Waals surface area contributed by atoms with E-state index in [1.165, 1.54) is 0 Å². The summed E-state index contributed by atoms with van der Waals surface area (Å²) in [6.45, 7) is 5.79. The first kappa shape index (κ1) is 16.5. The van der Waals surface area contributed by atoms with Gasteiger partial charge in [0.25, 0.3) is 5.56 Å². The van der Waals surface area contributed by atoms with Gasteiger partial charge in [0.05, 0.1) is 11.1 Å². The Balaban J connectivity index is 2.02. The quantitative estimate of drug-likeness (QED) is 0.861. The number of ether oxygens (including phenoxy) is 1. The van der Waals surface area contributed by atoms with Gasteiger partial charge in [0.2, 0.25) is 0 Å². The Morgan fingerprint density at radius 2 is 2.00 bits per heavy atom. The van der Waals surface area contributed by atoms with Crippen molar-refractivity contribution in [2.75, 3.05) is 0 Å². The molecule has 4 heteroatoms. The van der Waals surface area contributed by atoms with Crippen LogP contribution < -0.4 is 10.3 Å². The molecule has 0 amide bonds. The van der Waals surface area contributed by atoms with E-state index in [1.807, 2.05) is 57.2 Å². The summed E-state index contributed by atoms with van der Waals surface area (Å²) in [5.41, 5.74) is 0.772. The van der Waals surface area contributed by atoms with Crippen molar-refractivity contribution in [1.29, 1.82) is 0 Å². The molecule has 0 bridgehead atoms. The Hall–Kier alpha value is -2.36. The van der Waals surface area contributed by atoms with Crippen LogP contribution in [0.3, 0.4) is 0 Å². The second-order valence-electron chi connectivity index (χ2n) is 6.99. The van der Waals surface area contributed by atoms with E-state index in [4.69, 9.17) is 4.74 Å². The van der Waals surface area contributed by atoms with Gasteiger partial charge in [-0.3, -0.25) is 9.59 Å². The molecule has 2 heterocycles. The minimum Gasteiger partial charge on any atom is -0.482 e. The summed E-state index contributed by atoms with van der Waals surface area (Å²) in [5.74, 6) is 0.880. The van der Waals surface area contributed by atoms with Crippen LogP contribution in [0, 0.1) is 5.92 Å². The first-order chi connectivity index (χ1) is 11.3. The number of aryl methyl sites for hydroxylation is 1. The van der Waals surface area contributed by atoms with E-state index in [9.17, 15) is 9.59 Å². The van der Waals surface area contributed by atoms with Gasteiger partial charge in [-0.1, -0.05) is 26.0 Å². The summed E-state index contributed by atoms with van der Waals surface area (Å²) in [5, 5.41) is 0.917. The van der Waals surface area contributed by atoms with Crippen LogP contribution in [0.5, 0.6) is 5.75 Å². The van der Waals surface area contributed by atoms with E-state index in [-0.39, 0.29) is 17.3 Å². The standard InChI is InChI=1S/C20H23NO3/c1-13(2)17(22)10-12-20(3)11-9-15-18(24-20)14-7-5-6-8-16(14)21(4)19(15)23/h5-9,11,13H,10,12H2,1-4H3/t20-/m1/s1. The Morgan fingerprint density at radius 1 is 1.29 bits per heavy atom. The number of hydrogen-bond donors (Lipinski definition) is 0. The van der Waals surface area contributed by atoms with Crippen LogP contribution >= 0.6 is 0 Å². The first-order valence-electron chi connectivity index (χ1n) is 8.35. The number of ketones is 1. The highest BCUT2D eigenvalue weighted by Gasteiger charge is 2.31. The molecule has 4 nitrogen and oxygen atoms in total. The van der Waals surface area contributed by atoms with Crippen molar-refractivity contribution < 1.29 is 9.53 Å². The zero-order valence-corrected chi connectivity index (χ0v) is 14.6. The van der Waals surface area contributed by atoms with E-state index in [1.54, 1.807) is 11.6 Å².